The van der Waals surface area contributed by atoms with E-state index in [1.807, 2.05) is 23.1 Å². The van der Waals surface area contributed by atoms with Crippen molar-refractivity contribution in [2.24, 2.45) is 0 Å². The predicted molar refractivity (Wildman–Crippen MR) is 118 cm³/mol. The maximum absolute atomic E-state index is 12.5. The van der Waals surface area contributed by atoms with E-state index in [1.54, 1.807) is 7.11 Å². The van der Waals surface area contributed by atoms with Crippen molar-refractivity contribution >= 4 is 5.91 Å². The van der Waals surface area contributed by atoms with Crippen molar-refractivity contribution in [2.45, 2.75) is 32.9 Å². The van der Waals surface area contributed by atoms with Gasteiger partial charge in [-0.25, -0.2) is 0 Å². The van der Waals surface area contributed by atoms with Crippen molar-refractivity contribution < 1.29 is 9.53 Å². The molecule has 0 aromatic heterocycles. The van der Waals surface area contributed by atoms with Crippen LogP contribution in [0.3, 0.4) is 0 Å². The monoisotopic (exact) mass is 395 g/mol. The molecule has 0 atom stereocenters. The molecule has 3 rings (SSSR count). The first-order valence-corrected chi connectivity index (χ1v) is 10.5. The Labute approximate surface area is 174 Å². The van der Waals surface area contributed by atoms with Crippen LogP contribution in [0.4, 0.5) is 0 Å². The molecule has 1 heterocycles. The highest BCUT2D eigenvalue weighted by Gasteiger charge is 2.18. The van der Waals surface area contributed by atoms with Gasteiger partial charge < -0.3 is 15.0 Å². The molecule has 1 aliphatic rings. The smallest absolute Gasteiger partial charge is 0.223 e. The van der Waals surface area contributed by atoms with Crippen LogP contribution in [0.5, 0.6) is 5.75 Å². The minimum absolute atomic E-state index is 0.267. The Balaban J connectivity index is 1.61. The molecule has 0 radical (unpaired) electrons. The molecule has 156 valence electrons. The average molecular weight is 396 g/mol. The average Bonchev–Trinajstić information content (AvgIpc) is 2.77. The molecule has 0 unspecified atom stereocenters. The standard InChI is InChI=1S/C24H33N3O2/c1-19(2)27(15-12-24(28)26-16-13-25-14-17-26)18-20-8-10-21(11-9-20)22-6-4-5-7-23(22)29-3/h4-11,19,25H,12-18H2,1-3H3. The van der Waals surface area contributed by atoms with Gasteiger partial charge in [0.25, 0.3) is 0 Å². The topological polar surface area (TPSA) is 44.8 Å². The fraction of sp³-hybridized carbons (Fsp3) is 0.458. The highest BCUT2D eigenvalue weighted by molar-refractivity contribution is 5.76. The van der Waals surface area contributed by atoms with Gasteiger partial charge in [0.15, 0.2) is 0 Å². The number of nitrogens with one attached hydrogen (secondary N) is 1. The molecule has 0 spiro atoms. The van der Waals surface area contributed by atoms with Crippen LogP contribution in [0.2, 0.25) is 0 Å². The number of ether oxygens (including phenoxy) is 1. The maximum Gasteiger partial charge on any atom is 0.223 e. The molecule has 1 fully saturated rings. The normalized spacial score (nSPS) is 14.4. The number of methoxy groups -OCH3 is 1. The lowest BCUT2D eigenvalue weighted by molar-refractivity contribution is -0.132. The van der Waals surface area contributed by atoms with Gasteiger partial charge in [-0.1, -0.05) is 42.5 Å². The Morgan fingerprint density at radius 3 is 2.45 bits per heavy atom. The summed E-state index contributed by atoms with van der Waals surface area (Å²) < 4.78 is 5.48. The van der Waals surface area contributed by atoms with E-state index < -0.39 is 0 Å². The van der Waals surface area contributed by atoms with Gasteiger partial charge in [-0.3, -0.25) is 9.69 Å². The summed E-state index contributed by atoms with van der Waals surface area (Å²) in [4.78, 5) is 16.9. The third-order valence-electron chi connectivity index (χ3n) is 5.57. The summed E-state index contributed by atoms with van der Waals surface area (Å²) in [7, 11) is 1.70. The second-order valence-corrected chi connectivity index (χ2v) is 7.84. The van der Waals surface area contributed by atoms with E-state index in [-0.39, 0.29) is 5.91 Å². The van der Waals surface area contributed by atoms with Crippen molar-refractivity contribution in [1.29, 1.82) is 0 Å². The number of hydrogen-bond acceptors (Lipinski definition) is 4. The molecule has 0 aliphatic carbocycles. The van der Waals surface area contributed by atoms with Gasteiger partial charge in [-0.2, -0.15) is 0 Å². The van der Waals surface area contributed by atoms with Crippen LogP contribution in [0.15, 0.2) is 48.5 Å². The Kier molecular flexibility index (Phi) is 7.67. The van der Waals surface area contributed by atoms with Gasteiger partial charge in [-0.15, -0.1) is 0 Å². The number of para-hydroxylation sites is 1. The van der Waals surface area contributed by atoms with Crippen LogP contribution in [0, 0.1) is 0 Å². The van der Waals surface area contributed by atoms with E-state index in [0.29, 0.717) is 12.5 Å². The molecule has 0 bridgehead atoms. The van der Waals surface area contributed by atoms with Gasteiger partial charge >= 0.3 is 0 Å². The summed E-state index contributed by atoms with van der Waals surface area (Å²) in [6.45, 7) is 9.47. The molecule has 2 aromatic carbocycles. The van der Waals surface area contributed by atoms with E-state index in [4.69, 9.17) is 4.74 Å². The van der Waals surface area contributed by atoms with Gasteiger partial charge in [0.1, 0.15) is 5.75 Å². The van der Waals surface area contributed by atoms with Crippen molar-refractivity contribution in [3.8, 4) is 16.9 Å². The van der Waals surface area contributed by atoms with E-state index in [2.05, 4.69) is 54.4 Å². The van der Waals surface area contributed by atoms with E-state index in [9.17, 15) is 4.79 Å². The van der Waals surface area contributed by atoms with Crippen LogP contribution < -0.4 is 10.1 Å². The number of hydrogen-bond donors (Lipinski definition) is 1. The van der Waals surface area contributed by atoms with Crippen molar-refractivity contribution in [2.75, 3.05) is 39.8 Å². The van der Waals surface area contributed by atoms with Crippen LogP contribution in [0.25, 0.3) is 11.1 Å². The molecule has 2 aromatic rings. The number of benzene rings is 2. The SMILES string of the molecule is COc1ccccc1-c1ccc(CN(CCC(=O)N2CCNCC2)C(C)C)cc1. The predicted octanol–water partition coefficient (Wildman–Crippen LogP) is 3.39. The highest BCUT2D eigenvalue weighted by atomic mass is 16.5. The summed E-state index contributed by atoms with van der Waals surface area (Å²) >= 11 is 0. The summed E-state index contributed by atoms with van der Waals surface area (Å²) in [5.74, 6) is 1.15. The quantitative estimate of drug-likeness (QED) is 0.744. The van der Waals surface area contributed by atoms with Gasteiger partial charge in [0.2, 0.25) is 5.91 Å². The lowest BCUT2D eigenvalue weighted by Gasteiger charge is -2.30. The molecular weight excluding hydrogens is 362 g/mol. The van der Waals surface area contributed by atoms with Crippen molar-refractivity contribution in [1.82, 2.24) is 15.1 Å². The zero-order valence-corrected chi connectivity index (χ0v) is 17.9. The number of nitrogens with zero attached hydrogens (tertiary/aromatic N) is 2. The molecule has 29 heavy (non-hydrogen) atoms. The van der Waals surface area contributed by atoms with Gasteiger partial charge in [0, 0.05) is 57.3 Å². The summed E-state index contributed by atoms with van der Waals surface area (Å²) in [6.07, 6.45) is 0.581. The lowest BCUT2D eigenvalue weighted by Crippen LogP contribution is -2.47. The van der Waals surface area contributed by atoms with E-state index in [0.717, 1.165) is 56.1 Å². The molecule has 0 saturated carbocycles. The van der Waals surface area contributed by atoms with Crippen LogP contribution in [-0.4, -0.2) is 61.6 Å². The van der Waals surface area contributed by atoms with Crippen LogP contribution in [-0.2, 0) is 11.3 Å². The zero-order chi connectivity index (χ0) is 20.6. The molecular formula is C24H33N3O2. The van der Waals surface area contributed by atoms with Gasteiger partial charge in [0.05, 0.1) is 7.11 Å². The van der Waals surface area contributed by atoms with Crippen LogP contribution >= 0.6 is 0 Å². The second-order valence-electron chi connectivity index (χ2n) is 7.84. The van der Waals surface area contributed by atoms with E-state index >= 15 is 0 Å². The van der Waals surface area contributed by atoms with Crippen molar-refractivity contribution in [3.05, 3.63) is 54.1 Å². The molecule has 5 nitrogen and oxygen atoms in total. The number of carbonyl (C=O) groups is 1. The fourth-order valence-electron chi connectivity index (χ4n) is 3.74. The molecule has 1 aliphatic heterocycles. The molecule has 1 N–H and O–H groups in total. The Bertz CT molecular complexity index is 783. The molecule has 5 heteroatoms. The first-order chi connectivity index (χ1) is 14.1. The highest BCUT2D eigenvalue weighted by Crippen LogP contribution is 2.29. The third kappa shape index (κ3) is 5.81. The second kappa shape index (κ2) is 10.4. The summed E-state index contributed by atoms with van der Waals surface area (Å²) in [5, 5.41) is 3.30. The Hall–Kier alpha value is -2.37. The lowest BCUT2D eigenvalue weighted by atomic mass is 10.0. The molecule has 1 amide bonds. The number of piperazine rings is 1. The van der Waals surface area contributed by atoms with Gasteiger partial charge in [-0.05, 0) is 31.0 Å². The molecule has 1 saturated heterocycles. The minimum Gasteiger partial charge on any atom is -0.496 e. The largest absolute Gasteiger partial charge is 0.496 e. The Morgan fingerprint density at radius 1 is 1.10 bits per heavy atom. The zero-order valence-electron chi connectivity index (χ0n) is 17.9. The van der Waals surface area contributed by atoms with Crippen molar-refractivity contribution in [3.63, 3.8) is 0 Å². The third-order valence-corrected chi connectivity index (χ3v) is 5.57. The first kappa shape index (κ1) is 21.3. The number of rotatable bonds is 8. The number of carbonyl (C=O) groups excluding carboxylic acids is 1. The Morgan fingerprint density at radius 2 is 1.79 bits per heavy atom. The minimum atomic E-state index is 0.267. The van der Waals surface area contributed by atoms with E-state index in [1.165, 1.54) is 5.56 Å². The first-order valence-electron chi connectivity index (χ1n) is 10.5. The maximum atomic E-state index is 12.5. The summed E-state index contributed by atoms with van der Waals surface area (Å²) in [5.41, 5.74) is 3.51. The number of amides is 1. The fourth-order valence-corrected chi connectivity index (χ4v) is 3.74. The van der Waals surface area contributed by atoms with Crippen LogP contribution in [0.1, 0.15) is 25.8 Å². The summed E-state index contributed by atoms with van der Waals surface area (Å²) in [6, 6.07) is 17.1.